The zero-order valence-electron chi connectivity index (χ0n) is 13.4. The Morgan fingerprint density at radius 3 is 2.74 bits per heavy atom. The quantitative estimate of drug-likeness (QED) is 0.838. The number of nitrogens with zero attached hydrogens (tertiary/aromatic N) is 1. The van der Waals surface area contributed by atoms with Crippen molar-refractivity contribution < 1.29 is 9.53 Å². The summed E-state index contributed by atoms with van der Waals surface area (Å²) in [6.07, 6.45) is 0.408. The van der Waals surface area contributed by atoms with Crippen LogP contribution in [0.1, 0.15) is 12.0 Å². The van der Waals surface area contributed by atoms with Crippen LogP contribution in [-0.4, -0.2) is 31.5 Å². The van der Waals surface area contributed by atoms with E-state index < -0.39 is 0 Å². The lowest BCUT2D eigenvalue weighted by atomic mass is 10.2. The number of hydrogen-bond acceptors (Lipinski definition) is 3. The predicted octanol–water partition coefficient (Wildman–Crippen LogP) is 3.81. The number of benzene rings is 2. The van der Waals surface area contributed by atoms with E-state index in [4.69, 9.17) is 16.3 Å². The molecule has 0 bridgehead atoms. The first-order valence-electron chi connectivity index (χ1n) is 7.44. The van der Waals surface area contributed by atoms with E-state index in [1.54, 1.807) is 19.2 Å². The first kappa shape index (κ1) is 17.3. The fourth-order valence-corrected chi connectivity index (χ4v) is 2.41. The van der Waals surface area contributed by atoms with Gasteiger partial charge in [-0.1, -0.05) is 35.9 Å². The van der Waals surface area contributed by atoms with Crippen LogP contribution in [0, 0.1) is 0 Å². The largest absolute Gasteiger partial charge is 0.497 e. The summed E-state index contributed by atoms with van der Waals surface area (Å²) in [5.74, 6) is 0.794. The highest BCUT2D eigenvalue weighted by molar-refractivity contribution is 6.33. The number of methoxy groups -OCH3 is 1. The average molecular weight is 333 g/mol. The van der Waals surface area contributed by atoms with Gasteiger partial charge in [-0.25, -0.2) is 0 Å². The molecule has 5 heteroatoms. The van der Waals surface area contributed by atoms with E-state index in [-0.39, 0.29) is 5.91 Å². The van der Waals surface area contributed by atoms with Crippen LogP contribution in [-0.2, 0) is 11.3 Å². The summed E-state index contributed by atoms with van der Waals surface area (Å²) in [7, 11) is 3.64. The molecule has 0 aliphatic rings. The molecular formula is C18H21ClN2O2. The van der Waals surface area contributed by atoms with Crippen LogP contribution >= 0.6 is 11.6 Å². The summed E-state index contributed by atoms with van der Waals surface area (Å²) in [6.45, 7) is 1.42. The zero-order chi connectivity index (χ0) is 16.7. The number of rotatable bonds is 7. The predicted molar refractivity (Wildman–Crippen MR) is 94.0 cm³/mol. The number of halogens is 1. The number of amides is 1. The molecular weight excluding hydrogens is 312 g/mol. The summed E-state index contributed by atoms with van der Waals surface area (Å²) < 4.78 is 5.22. The van der Waals surface area contributed by atoms with Crippen molar-refractivity contribution in [3.05, 3.63) is 59.1 Å². The van der Waals surface area contributed by atoms with Gasteiger partial charge >= 0.3 is 0 Å². The van der Waals surface area contributed by atoms with Crippen molar-refractivity contribution >= 4 is 23.2 Å². The first-order chi connectivity index (χ1) is 11.1. The molecule has 4 nitrogen and oxygen atoms in total. The lowest BCUT2D eigenvalue weighted by Gasteiger charge is -2.17. The molecule has 0 saturated heterocycles. The van der Waals surface area contributed by atoms with Gasteiger partial charge < -0.3 is 15.0 Å². The molecule has 0 fully saturated rings. The Hall–Kier alpha value is -2.04. The number of carbonyl (C=O) groups excluding carboxylic acids is 1. The molecule has 0 aliphatic heterocycles. The topological polar surface area (TPSA) is 41.6 Å². The highest BCUT2D eigenvalue weighted by Gasteiger charge is 2.08. The van der Waals surface area contributed by atoms with Crippen LogP contribution in [0.15, 0.2) is 48.5 Å². The molecule has 0 unspecified atom stereocenters. The minimum Gasteiger partial charge on any atom is -0.497 e. The van der Waals surface area contributed by atoms with E-state index in [1.807, 2.05) is 43.4 Å². The van der Waals surface area contributed by atoms with Crippen LogP contribution in [0.2, 0.25) is 5.02 Å². The van der Waals surface area contributed by atoms with Gasteiger partial charge in [0.1, 0.15) is 5.75 Å². The molecule has 0 aliphatic carbocycles. The van der Waals surface area contributed by atoms with Crippen LogP contribution in [0.25, 0.3) is 0 Å². The van der Waals surface area contributed by atoms with E-state index in [0.717, 1.165) is 17.9 Å². The van der Waals surface area contributed by atoms with Crippen molar-refractivity contribution in [2.24, 2.45) is 0 Å². The molecule has 0 atom stereocenters. The molecule has 0 heterocycles. The lowest BCUT2D eigenvalue weighted by molar-refractivity contribution is -0.116. The summed E-state index contributed by atoms with van der Waals surface area (Å²) >= 11 is 6.03. The standard InChI is InChI=1S/C18H21ClN2O2/c1-21(13-14-6-5-7-15(12-14)23-2)11-10-18(22)20-17-9-4-3-8-16(17)19/h3-9,12H,10-11,13H2,1-2H3,(H,20,22). The molecule has 2 aromatic carbocycles. The highest BCUT2D eigenvalue weighted by Crippen LogP contribution is 2.20. The van der Waals surface area contributed by atoms with Crippen LogP contribution in [0.5, 0.6) is 5.75 Å². The van der Waals surface area contributed by atoms with Crippen molar-refractivity contribution in [3.8, 4) is 5.75 Å². The summed E-state index contributed by atoms with van der Waals surface area (Å²) in [6, 6.07) is 15.2. The van der Waals surface area contributed by atoms with E-state index in [2.05, 4.69) is 10.2 Å². The van der Waals surface area contributed by atoms with Crippen LogP contribution in [0.4, 0.5) is 5.69 Å². The van der Waals surface area contributed by atoms with Gasteiger partial charge in [-0.15, -0.1) is 0 Å². The fourth-order valence-electron chi connectivity index (χ4n) is 2.23. The number of anilines is 1. The molecule has 0 spiro atoms. The van der Waals surface area contributed by atoms with Gasteiger partial charge in [0.05, 0.1) is 17.8 Å². The minimum absolute atomic E-state index is 0.0457. The Kier molecular flexibility index (Phi) is 6.44. The van der Waals surface area contributed by atoms with E-state index in [0.29, 0.717) is 23.7 Å². The van der Waals surface area contributed by atoms with Gasteiger partial charge in [-0.3, -0.25) is 4.79 Å². The molecule has 1 amide bonds. The molecule has 1 N–H and O–H groups in total. The van der Waals surface area contributed by atoms with Gasteiger partial charge in [-0.2, -0.15) is 0 Å². The normalized spacial score (nSPS) is 10.6. The fraction of sp³-hybridized carbons (Fsp3) is 0.278. The monoisotopic (exact) mass is 332 g/mol. The van der Waals surface area contributed by atoms with Crippen molar-refractivity contribution in [3.63, 3.8) is 0 Å². The number of para-hydroxylation sites is 1. The van der Waals surface area contributed by atoms with Gasteiger partial charge in [0.25, 0.3) is 0 Å². The van der Waals surface area contributed by atoms with E-state index >= 15 is 0 Å². The zero-order valence-corrected chi connectivity index (χ0v) is 14.1. The Morgan fingerprint density at radius 1 is 1.22 bits per heavy atom. The summed E-state index contributed by atoms with van der Waals surface area (Å²) in [4.78, 5) is 14.1. The number of hydrogen-bond donors (Lipinski definition) is 1. The molecule has 2 rings (SSSR count). The molecule has 2 aromatic rings. The van der Waals surface area contributed by atoms with Crippen molar-refractivity contribution in [1.29, 1.82) is 0 Å². The maximum absolute atomic E-state index is 12.0. The van der Waals surface area contributed by atoms with Crippen molar-refractivity contribution in [2.75, 3.05) is 26.0 Å². The van der Waals surface area contributed by atoms with Gasteiger partial charge in [-0.05, 0) is 36.9 Å². The van der Waals surface area contributed by atoms with E-state index in [1.165, 1.54) is 0 Å². The average Bonchev–Trinajstić information content (AvgIpc) is 2.55. The second kappa shape index (κ2) is 8.56. The van der Waals surface area contributed by atoms with Gasteiger partial charge in [0.15, 0.2) is 0 Å². The Bertz CT molecular complexity index is 661. The Balaban J connectivity index is 1.80. The van der Waals surface area contributed by atoms with Crippen molar-refractivity contribution in [2.45, 2.75) is 13.0 Å². The highest BCUT2D eigenvalue weighted by atomic mass is 35.5. The first-order valence-corrected chi connectivity index (χ1v) is 7.82. The summed E-state index contributed by atoms with van der Waals surface area (Å²) in [5.41, 5.74) is 1.80. The maximum Gasteiger partial charge on any atom is 0.225 e. The third-order valence-corrected chi connectivity index (χ3v) is 3.78. The Morgan fingerprint density at radius 2 is 2.00 bits per heavy atom. The molecule has 0 aromatic heterocycles. The minimum atomic E-state index is -0.0457. The lowest BCUT2D eigenvalue weighted by Crippen LogP contribution is -2.24. The van der Waals surface area contributed by atoms with Crippen molar-refractivity contribution in [1.82, 2.24) is 4.90 Å². The third kappa shape index (κ3) is 5.58. The molecule has 23 heavy (non-hydrogen) atoms. The smallest absolute Gasteiger partial charge is 0.225 e. The number of nitrogens with one attached hydrogen (secondary N) is 1. The molecule has 0 radical (unpaired) electrons. The van der Waals surface area contributed by atoms with E-state index in [9.17, 15) is 4.79 Å². The second-order valence-corrected chi connectivity index (χ2v) is 5.77. The maximum atomic E-state index is 12.0. The second-order valence-electron chi connectivity index (χ2n) is 5.37. The third-order valence-electron chi connectivity index (χ3n) is 3.46. The molecule has 0 saturated carbocycles. The SMILES string of the molecule is COc1cccc(CN(C)CCC(=O)Nc2ccccc2Cl)c1. The number of ether oxygens (including phenoxy) is 1. The van der Waals surface area contributed by atoms with Crippen LogP contribution < -0.4 is 10.1 Å². The Labute approximate surface area is 142 Å². The van der Waals surface area contributed by atoms with Gasteiger partial charge in [0.2, 0.25) is 5.91 Å². The van der Waals surface area contributed by atoms with Crippen LogP contribution in [0.3, 0.4) is 0 Å². The number of carbonyl (C=O) groups is 1. The van der Waals surface area contributed by atoms with Gasteiger partial charge in [0, 0.05) is 19.5 Å². The summed E-state index contributed by atoms with van der Waals surface area (Å²) in [5, 5.41) is 3.38. The molecule has 122 valence electrons.